The van der Waals surface area contributed by atoms with E-state index >= 15 is 0 Å². The molecule has 43 heavy (non-hydrogen) atoms. The largest absolute Gasteiger partial charge is 0.478 e. The second-order valence-corrected chi connectivity index (χ2v) is 10.1. The van der Waals surface area contributed by atoms with Crippen molar-refractivity contribution in [2.24, 2.45) is 0 Å². The first kappa shape index (κ1) is 29.1. The Morgan fingerprint density at radius 1 is 0.767 bits per heavy atom. The van der Waals surface area contributed by atoms with E-state index in [0.29, 0.717) is 17.9 Å². The molecule has 9 nitrogen and oxygen atoms in total. The van der Waals surface area contributed by atoms with Crippen molar-refractivity contribution in [3.05, 3.63) is 130 Å². The lowest BCUT2D eigenvalue weighted by atomic mass is 9.86. The van der Waals surface area contributed by atoms with Crippen molar-refractivity contribution in [2.75, 3.05) is 7.11 Å². The average Bonchev–Trinajstić information content (AvgIpc) is 3.02. The summed E-state index contributed by atoms with van der Waals surface area (Å²) in [5.74, 6) is -3.47. The maximum Gasteiger partial charge on any atom is 0.338 e. The Morgan fingerprint density at radius 2 is 1.42 bits per heavy atom. The van der Waals surface area contributed by atoms with Gasteiger partial charge in [0, 0.05) is 6.54 Å². The number of ether oxygens (including phenoxy) is 2. The number of aromatic carboxylic acids is 2. The number of esters is 1. The number of amides is 1. The first-order chi connectivity index (χ1) is 20.8. The highest BCUT2D eigenvalue weighted by atomic mass is 16.5. The Hall–Kier alpha value is -5.44. The van der Waals surface area contributed by atoms with E-state index in [-0.39, 0.29) is 12.1 Å². The number of carbonyl (C=O) groups excluding carboxylic acids is 2. The lowest BCUT2D eigenvalue weighted by molar-refractivity contribution is 0.0577. The Morgan fingerprint density at radius 3 is 2.14 bits per heavy atom. The Labute approximate surface area is 247 Å². The summed E-state index contributed by atoms with van der Waals surface area (Å²) in [5, 5.41) is 19.9. The zero-order valence-corrected chi connectivity index (χ0v) is 23.4. The third-order valence-electron chi connectivity index (χ3n) is 7.46. The maximum atomic E-state index is 14.4. The molecule has 9 heteroatoms. The molecule has 0 aromatic heterocycles. The highest BCUT2D eigenvalue weighted by molar-refractivity contribution is 6.11. The summed E-state index contributed by atoms with van der Waals surface area (Å²) in [4.78, 5) is 52.8. The van der Waals surface area contributed by atoms with E-state index < -0.39 is 46.5 Å². The fraction of sp³-hybridized carbons (Fsp3) is 0.176. The van der Waals surface area contributed by atoms with Gasteiger partial charge in [0.15, 0.2) is 0 Å². The Bertz CT molecular complexity index is 1700. The fourth-order valence-electron chi connectivity index (χ4n) is 5.47. The van der Waals surface area contributed by atoms with Crippen molar-refractivity contribution in [1.82, 2.24) is 4.90 Å². The Kier molecular flexibility index (Phi) is 8.52. The van der Waals surface area contributed by atoms with Crippen LogP contribution in [0.1, 0.15) is 77.0 Å². The minimum atomic E-state index is -1.49. The van der Waals surface area contributed by atoms with Crippen LogP contribution in [0.25, 0.3) is 0 Å². The molecule has 0 heterocycles. The molecule has 1 aliphatic rings. The predicted octanol–water partition coefficient (Wildman–Crippen LogP) is 6.38. The molecule has 0 unspecified atom stereocenters. The van der Waals surface area contributed by atoms with Gasteiger partial charge in [-0.2, -0.15) is 0 Å². The predicted molar refractivity (Wildman–Crippen MR) is 157 cm³/mol. The van der Waals surface area contributed by atoms with Crippen molar-refractivity contribution < 1.29 is 38.9 Å². The van der Waals surface area contributed by atoms with Gasteiger partial charge in [-0.15, -0.1) is 0 Å². The van der Waals surface area contributed by atoms with Gasteiger partial charge < -0.3 is 24.6 Å². The molecule has 4 aromatic carbocycles. The summed E-state index contributed by atoms with van der Waals surface area (Å²) in [6.07, 6.45) is 2.26. The molecule has 0 spiro atoms. The maximum absolute atomic E-state index is 14.4. The molecule has 0 aliphatic heterocycles. The normalized spacial score (nSPS) is 13.8. The molecule has 0 radical (unpaired) electrons. The topological polar surface area (TPSA) is 130 Å². The van der Waals surface area contributed by atoms with Crippen LogP contribution in [-0.4, -0.2) is 46.0 Å². The number of hydrogen-bond acceptors (Lipinski definition) is 6. The zero-order valence-electron chi connectivity index (χ0n) is 23.4. The van der Waals surface area contributed by atoms with E-state index in [2.05, 4.69) is 4.74 Å². The van der Waals surface area contributed by atoms with E-state index in [9.17, 15) is 29.4 Å². The highest BCUT2D eigenvalue weighted by Crippen LogP contribution is 2.37. The summed E-state index contributed by atoms with van der Waals surface area (Å²) in [6.45, 7) is 0.0873. The number of hydrogen-bond donors (Lipinski definition) is 2. The van der Waals surface area contributed by atoms with Crippen LogP contribution in [0.5, 0.6) is 11.5 Å². The molecule has 2 N–H and O–H groups in total. The molecule has 5 rings (SSSR count). The fourth-order valence-corrected chi connectivity index (χ4v) is 5.47. The van der Waals surface area contributed by atoms with Crippen LogP contribution in [0.15, 0.2) is 91.0 Å². The van der Waals surface area contributed by atoms with Gasteiger partial charge in [0.1, 0.15) is 11.5 Å². The molecular formula is C34H29NO8. The van der Waals surface area contributed by atoms with E-state index in [1.165, 1.54) is 0 Å². The van der Waals surface area contributed by atoms with Crippen molar-refractivity contribution in [3.8, 4) is 11.5 Å². The van der Waals surface area contributed by atoms with Crippen LogP contribution in [0.4, 0.5) is 0 Å². The summed E-state index contributed by atoms with van der Waals surface area (Å²) in [5.41, 5.74) is 0.949. The van der Waals surface area contributed by atoms with E-state index in [1.54, 1.807) is 17.0 Å². The number of para-hydroxylation sites is 1. The van der Waals surface area contributed by atoms with Gasteiger partial charge in [0.2, 0.25) is 0 Å². The molecule has 0 saturated carbocycles. The van der Waals surface area contributed by atoms with Crippen LogP contribution in [0, 0.1) is 0 Å². The van der Waals surface area contributed by atoms with Gasteiger partial charge in [-0.1, -0.05) is 54.6 Å². The van der Waals surface area contributed by atoms with Gasteiger partial charge in [0.05, 0.1) is 35.4 Å². The number of aryl methyl sites for hydroxylation is 1. The number of carboxylic acids is 2. The van der Waals surface area contributed by atoms with Crippen LogP contribution >= 0.6 is 0 Å². The SMILES string of the molecule is COC(=O)c1cc(C(=O)O)c(C(=O)N(Cc2cccc(Oc3ccccc3)c2)[C@H]2CCCc3ccccc32)cc1C(=O)O. The molecule has 1 amide bonds. The standard InChI is InChI=1S/C34H29NO8/c1-42-34(41)29-19-27(32(37)38)26(18-28(29)33(39)40)31(36)35(30-16-8-11-22-10-5-6-15-25(22)30)20-21-9-7-14-24(17-21)43-23-12-3-2-4-13-23/h2-7,9-10,12-15,17-19,30H,8,11,16,20H2,1H3,(H,37,38)(H,39,40)/t30-/m0/s1. The van der Waals surface area contributed by atoms with Gasteiger partial charge in [-0.05, 0) is 72.4 Å². The van der Waals surface area contributed by atoms with Crippen molar-refractivity contribution in [3.63, 3.8) is 0 Å². The first-order valence-electron chi connectivity index (χ1n) is 13.7. The molecule has 0 bridgehead atoms. The van der Waals surface area contributed by atoms with Gasteiger partial charge in [-0.25, -0.2) is 14.4 Å². The van der Waals surface area contributed by atoms with Crippen LogP contribution in [0.2, 0.25) is 0 Å². The van der Waals surface area contributed by atoms with Crippen LogP contribution < -0.4 is 4.74 Å². The average molecular weight is 580 g/mol. The number of rotatable bonds is 9. The van der Waals surface area contributed by atoms with Gasteiger partial charge >= 0.3 is 17.9 Å². The lowest BCUT2D eigenvalue weighted by Gasteiger charge is -2.36. The van der Waals surface area contributed by atoms with E-state index in [0.717, 1.165) is 48.8 Å². The molecule has 0 saturated heterocycles. The van der Waals surface area contributed by atoms with E-state index in [4.69, 9.17) is 4.74 Å². The van der Waals surface area contributed by atoms with Crippen molar-refractivity contribution >= 4 is 23.8 Å². The second-order valence-electron chi connectivity index (χ2n) is 10.1. The summed E-state index contributed by atoms with van der Waals surface area (Å²) < 4.78 is 10.7. The first-order valence-corrected chi connectivity index (χ1v) is 13.7. The number of carbonyl (C=O) groups is 4. The minimum Gasteiger partial charge on any atom is -0.478 e. The minimum absolute atomic E-state index is 0.0873. The van der Waals surface area contributed by atoms with E-state index in [1.807, 2.05) is 66.7 Å². The summed E-state index contributed by atoms with van der Waals surface area (Å²) in [7, 11) is 1.06. The highest BCUT2D eigenvalue weighted by Gasteiger charge is 2.34. The molecule has 4 aromatic rings. The van der Waals surface area contributed by atoms with Crippen molar-refractivity contribution in [1.29, 1.82) is 0 Å². The number of benzene rings is 4. The second kappa shape index (κ2) is 12.6. The number of fused-ring (bicyclic) bond motifs is 1. The number of nitrogens with zero attached hydrogens (tertiary/aromatic N) is 1. The van der Waals surface area contributed by atoms with Gasteiger partial charge in [0.25, 0.3) is 5.91 Å². The third-order valence-corrected chi connectivity index (χ3v) is 7.46. The van der Waals surface area contributed by atoms with Crippen LogP contribution in [0.3, 0.4) is 0 Å². The molecular weight excluding hydrogens is 550 g/mol. The smallest absolute Gasteiger partial charge is 0.338 e. The quantitative estimate of drug-likeness (QED) is 0.218. The Balaban J connectivity index is 1.61. The molecule has 0 fully saturated rings. The summed E-state index contributed by atoms with van der Waals surface area (Å²) >= 11 is 0. The monoisotopic (exact) mass is 579 g/mol. The van der Waals surface area contributed by atoms with Crippen molar-refractivity contribution in [2.45, 2.75) is 31.8 Å². The number of carboxylic acid groups (broad SMARTS) is 2. The summed E-state index contributed by atoms with van der Waals surface area (Å²) in [6, 6.07) is 25.7. The molecule has 1 atom stereocenters. The third kappa shape index (κ3) is 6.25. The molecule has 1 aliphatic carbocycles. The van der Waals surface area contributed by atoms with Crippen LogP contribution in [-0.2, 0) is 17.7 Å². The zero-order chi connectivity index (χ0) is 30.5. The number of methoxy groups -OCH3 is 1. The lowest BCUT2D eigenvalue weighted by Crippen LogP contribution is -2.37. The van der Waals surface area contributed by atoms with Gasteiger partial charge in [-0.3, -0.25) is 4.79 Å². The molecule has 218 valence electrons.